The molecule has 1 aliphatic rings. The molecule has 1 unspecified atom stereocenters. The molecule has 0 spiro atoms. The summed E-state index contributed by atoms with van der Waals surface area (Å²) in [6.07, 6.45) is 5.78. The van der Waals surface area contributed by atoms with Gasteiger partial charge >= 0.3 is 7.12 Å². The van der Waals surface area contributed by atoms with Crippen LogP contribution in [0.5, 0.6) is 0 Å². The van der Waals surface area contributed by atoms with E-state index in [4.69, 9.17) is 21.6 Å². The molecule has 0 amide bonds. The molecule has 1 aliphatic carbocycles. The lowest BCUT2D eigenvalue weighted by molar-refractivity contribution is 0.420. The zero-order chi connectivity index (χ0) is 8.48. The Morgan fingerprint density at radius 2 is 2.27 bits per heavy atom. The molecule has 0 bridgehead atoms. The maximum atomic E-state index is 8.74. The monoisotopic (exact) mass is 172 g/mol. The fraction of sp³-hybridized carbons (Fsp3) is 0.429. The third-order valence-corrected chi connectivity index (χ3v) is 1.94. The van der Waals surface area contributed by atoms with Crippen LogP contribution in [0.25, 0.3) is 0 Å². The first-order chi connectivity index (χ1) is 5.01. The van der Waals surface area contributed by atoms with E-state index in [1.54, 1.807) is 18.2 Å². The van der Waals surface area contributed by atoms with Gasteiger partial charge < -0.3 is 10.0 Å². The van der Waals surface area contributed by atoms with Crippen molar-refractivity contribution in [3.63, 3.8) is 0 Å². The highest BCUT2D eigenvalue weighted by Gasteiger charge is 2.22. The average molecular weight is 172 g/mol. The minimum absolute atomic E-state index is 0.363. The van der Waals surface area contributed by atoms with E-state index in [9.17, 15) is 0 Å². The number of hydrogen-bond acceptors (Lipinski definition) is 2. The molecule has 4 heteroatoms. The van der Waals surface area contributed by atoms with Crippen molar-refractivity contribution in [1.29, 1.82) is 0 Å². The van der Waals surface area contributed by atoms with Gasteiger partial charge in [-0.15, -0.1) is 11.6 Å². The van der Waals surface area contributed by atoms with Crippen LogP contribution in [0, 0.1) is 0 Å². The number of hydrogen-bond donors (Lipinski definition) is 2. The maximum absolute atomic E-state index is 8.74. The van der Waals surface area contributed by atoms with Crippen molar-refractivity contribution in [3.8, 4) is 0 Å². The number of alkyl halides is 1. The van der Waals surface area contributed by atoms with E-state index in [0.717, 1.165) is 0 Å². The maximum Gasteiger partial charge on any atom is 0.488 e. The summed E-state index contributed by atoms with van der Waals surface area (Å²) in [5.41, 5.74) is 0.517. The molecule has 0 aromatic carbocycles. The number of rotatable bonds is 1. The van der Waals surface area contributed by atoms with Gasteiger partial charge in [0, 0.05) is 0 Å². The van der Waals surface area contributed by atoms with Gasteiger partial charge in [0.2, 0.25) is 0 Å². The van der Waals surface area contributed by atoms with E-state index in [1.807, 2.05) is 6.92 Å². The van der Waals surface area contributed by atoms with Crippen molar-refractivity contribution in [1.82, 2.24) is 0 Å². The van der Waals surface area contributed by atoms with E-state index in [-0.39, 0.29) is 4.87 Å². The van der Waals surface area contributed by atoms with Crippen molar-refractivity contribution in [2.24, 2.45) is 0 Å². The first-order valence-corrected chi connectivity index (χ1v) is 3.83. The molecule has 1 atom stereocenters. The van der Waals surface area contributed by atoms with Crippen LogP contribution < -0.4 is 0 Å². The first kappa shape index (κ1) is 8.85. The smallest absolute Gasteiger partial charge is 0.423 e. The fourth-order valence-corrected chi connectivity index (χ4v) is 1.06. The Hall–Kier alpha value is -0.245. The fourth-order valence-electron chi connectivity index (χ4n) is 0.915. The second-order valence-corrected chi connectivity index (χ2v) is 3.76. The predicted octanol–water partition coefficient (Wildman–Crippen LogP) is 0.882. The summed E-state index contributed by atoms with van der Waals surface area (Å²) in [7, 11) is -1.38. The summed E-state index contributed by atoms with van der Waals surface area (Å²) in [5.74, 6) is 0. The van der Waals surface area contributed by atoms with Crippen LogP contribution in [0.1, 0.15) is 13.3 Å². The van der Waals surface area contributed by atoms with Gasteiger partial charge in [-0.25, -0.2) is 0 Å². The van der Waals surface area contributed by atoms with Gasteiger partial charge in [0.15, 0.2) is 0 Å². The van der Waals surface area contributed by atoms with Gasteiger partial charge in [0.25, 0.3) is 0 Å². The molecule has 1 rings (SSSR count). The van der Waals surface area contributed by atoms with Gasteiger partial charge in [-0.05, 0) is 18.8 Å². The predicted molar refractivity (Wildman–Crippen MR) is 46.3 cm³/mol. The summed E-state index contributed by atoms with van der Waals surface area (Å²) >= 11 is 5.95. The Bertz CT molecular complexity index is 208. The van der Waals surface area contributed by atoms with Crippen molar-refractivity contribution in [2.75, 3.05) is 0 Å². The minimum Gasteiger partial charge on any atom is -0.423 e. The summed E-state index contributed by atoms with van der Waals surface area (Å²) < 4.78 is 0. The van der Waals surface area contributed by atoms with E-state index in [1.165, 1.54) is 0 Å². The topological polar surface area (TPSA) is 40.5 Å². The Kier molecular flexibility index (Phi) is 2.42. The van der Waals surface area contributed by atoms with Crippen molar-refractivity contribution in [2.45, 2.75) is 18.2 Å². The quantitative estimate of drug-likeness (QED) is 0.455. The highest BCUT2D eigenvalue weighted by Crippen LogP contribution is 2.26. The molecule has 2 nitrogen and oxygen atoms in total. The molecular formula is C7H10BClO2. The van der Waals surface area contributed by atoms with Gasteiger partial charge in [-0.1, -0.05) is 18.2 Å². The van der Waals surface area contributed by atoms with Crippen molar-refractivity contribution >= 4 is 18.7 Å². The molecular weight excluding hydrogens is 162 g/mol. The van der Waals surface area contributed by atoms with E-state index in [2.05, 4.69) is 0 Å². The molecule has 0 radical (unpaired) electrons. The van der Waals surface area contributed by atoms with Crippen LogP contribution in [0.15, 0.2) is 23.7 Å². The standard InChI is InChI=1S/C7H10BClO2/c1-7(9)4-2-6(3-5-7)8(10)11/h2-4,10-11H,5H2,1H3. The SMILES string of the molecule is CC1(Cl)C=CC(B(O)O)=CC1. The van der Waals surface area contributed by atoms with Crippen LogP contribution in [-0.4, -0.2) is 22.0 Å². The Balaban J connectivity index is 2.68. The summed E-state index contributed by atoms with van der Waals surface area (Å²) in [6.45, 7) is 1.88. The lowest BCUT2D eigenvalue weighted by Crippen LogP contribution is -2.20. The zero-order valence-electron chi connectivity index (χ0n) is 6.29. The Morgan fingerprint density at radius 3 is 2.64 bits per heavy atom. The van der Waals surface area contributed by atoms with Crippen LogP contribution in [0.4, 0.5) is 0 Å². The molecule has 0 saturated carbocycles. The second-order valence-electron chi connectivity index (χ2n) is 2.89. The normalized spacial score (nSPS) is 30.0. The van der Waals surface area contributed by atoms with E-state index in [0.29, 0.717) is 11.9 Å². The van der Waals surface area contributed by atoms with Crippen LogP contribution in [0.2, 0.25) is 0 Å². The summed E-state index contributed by atoms with van der Waals surface area (Å²) in [4.78, 5) is -0.363. The van der Waals surface area contributed by atoms with Crippen LogP contribution in [0.3, 0.4) is 0 Å². The Labute approximate surface area is 71.3 Å². The van der Waals surface area contributed by atoms with Gasteiger partial charge in [-0.2, -0.15) is 0 Å². The first-order valence-electron chi connectivity index (χ1n) is 3.46. The van der Waals surface area contributed by atoms with Gasteiger partial charge in [-0.3, -0.25) is 0 Å². The average Bonchev–Trinajstić information content (AvgIpc) is 1.86. The van der Waals surface area contributed by atoms with Crippen LogP contribution >= 0.6 is 11.6 Å². The molecule has 0 heterocycles. The molecule has 60 valence electrons. The third kappa shape index (κ3) is 2.36. The highest BCUT2D eigenvalue weighted by molar-refractivity contribution is 6.52. The van der Waals surface area contributed by atoms with Gasteiger partial charge in [0.1, 0.15) is 0 Å². The molecule has 0 aromatic heterocycles. The number of allylic oxidation sites excluding steroid dienone is 4. The van der Waals surface area contributed by atoms with E-state index < -0.39 is 7.12 Å². The lowest BCUT2D eigenvalue weighted by atomic mass is 9.75. The highest BCUT2D eigenvalue weighted by atomic mass is 35.5. The molecule has 0 aliphatic heterocycles. The molecule has 0 fully saturated rings. The summed E-state index contributed by atoms with van der Waals surface area (Å²) in [6, 6.07) is 0. The minimum atomic E-state index is -1.38. The molecule has 2 N–H and O–H groups in total. The molecule has 0 saturated heterocycles. The Morgan fingerprint density at radius 1 is 1.64 bits per heavy atom. The zero-order valence-corrected chi connectivity index (χ0v) is 7.04. The molecule has 11 heavy (non-hydrogen) atoms. The van der Waals surface area contributed by atoms with E-state index >= 15 is 0 Å². The summed E-state index contributed by atoms with van der Waals surface area (Å²) in [5, 5.41) is 17.5. The second kappa shape index (κ2) is 3.01. The number of halogens is 1. The molecule has 0 aromatic rings. The third-order valence-electron chi connectivity index (χ3n) is 1.66. The van der Waals surface area contributed by atoms with Crippen LogP contribution in [-0.2, 0) is 0 Å². The largest absolute Gasteiger partial charge is 0.488 e. The van der Waals surface area contributed by atoms with Crippen molar-refractivity contribution in [3.05, 3.63) is 23.7 Å². The lowest BCUT2D eigenvalue weighted by Gasteiger charge is -2.19. The van der Waals surface area contributed by atoms with Crippen molar-refractivity contribution < 1.29 is 10.0 Å². The van der Waals surface area contributed by atoms with Gasteiger partial charge in [0.05, 0.1) is 4.87 Å².